The van der Waals surface area contributed by atoms with Crippen LogP contribution in [0.15, 0.2) is 12.2 Å². The van der Waals surface area contributed by atoms with E-state index >= 15 is 0 Å². The first kappa shape index (κ1) is 6.13. The van der Waals surface area contributed by atoms with Crippen LogP contribution in [0.1, 0.15) is 0 Å². The molecular formula is C6H9NO2. The third-order valence-corrected chi connectivity index (χ3v) is 1.17. The van der Waals surface area contributed by atoms with E-state index in [4.69, 9.17) is 0 Å². The van der Waals surface area contributed by atoms with Gasteiger partial charge in [-0.1, -0.05) is 6.58 Å². The van der Waals surface area contributed by atoms with E-state index in [9.17, 15) is 4.79 Å². The predicted octanol–water partition coefficient (Wildman–Crippen LogP) is 0.625. The zero-order valence-electron chi connectivity index (χ0n) is 5.39. The van der Waals surface area contributed by atoms with Crippen molar-refractivity contribution in [1.82, 2.24) is 4.90 Å². The molecule has 0 spiro atoms. The number of ether oxygens (including phenoxy) is 1. The lowest BCUT2D eigenvalue weighted by Gasteiger charge is -2.23. The summed E-state index contributed by atoms with van der Waals surface area (Å²) in [5.41, 5.74) is 0.942. The molecule has 1 saturated heterocycles. The highest BCUT2D eigenvalue weighted by atomic mass is 16.6. The van der Waals surface area contributed by atoms with Crippen LogP contribution < -0.4 is 0 Å². The Bertz CT molecular complexity index is 153. The van der Waals surface area contributed by atoms with Gasteiger partial charge in [0.2, 0.25) is 0 Å². The van der Waals surface area contributed by atoms with Gasteiger partial charge in [-0.15, -0.1) is 0 Å². The van der Waals surface area contributed by atoms with Crippen molar-refractivity contribution in [1.29, 1.82) is 0 Å². The van der Waals surface area contributed by atoms with E-state index in [2.05, 4.69) is 11.3 Å². The number of carbonyl (C=O) groups excluding carboxylic acids is 1. The molecule has 0 bridgehead atoms. The summed E-state index contributed by atoms with van der Waals surface area (Å²) in [6.45, 7) is 4.68. The van der Waals surface area contributed by atoms with Gasteiger partial charge < -0.3 is 9.64 Å². The Balaban J connectivity index is 2.54. The summed E-state index contributed by atoms with van der Waals surface area (Å²) in [6, 6.07) is 0. The maximum atomic E-state index is 10.6. The quantitative estimate of drug-likeness (QED) is 0.446. The number of nitrogens with zero attached hydrogens (tertiary/aromatic N) is 1. The molecule has 0 unspecified atom stereocenters. The molecule has 3 heteroatoms. The van der Waals surface area contributed by atoms with Gasteiger partial charge in [0.05, 0.1) is 0 Å². The van der Waals surface area contributed by atoms with Gasteiger partial charge in [0.25, 0.3) is 0 Å². The van der Waals surface area contributed by atoms with Crippen molar-refractivity contribution >= 4 is 6.09 Å². The zero-order valence-corrected chi connectivity index (χ0v) is 5.39. The third-order valence-electron chi connectivity index (χ3n) is 1.17. The Hall–Kier alpha value is -0.990. The van der Waals surface area contributed by atoms with E-state index < -0.39 is 0 Å². The Morgan fingerprint density at radius 3 is 2.89 bits per heavy atom. The van der Waals surface area contributed by atoms with E-state index in [1.165, 1.54) is 4.90 Å². The molecule has 0 saturated carbocycles. The molecule has 0 aromatic rings. The highest BCUT2D eigenvalue weighted by molar-refractivity contribution is 5.68. The van der Waals surface area contributed by atoms with Gasteiger partial charge in [0, 0.05) is 13.6 Å². The average molecular weight is 127 g/mol. The summed E-state index contributed by atoms with van der Waals surface area (Å²) in [7, 11) is 1.69. The Kier molecular flexibility index (Phi) is 1.42. The molecule has 1 heterocycles. The third kappa shape index (κ3) is 1.22. The highest BCUT2D eigenvalue weighted by Crippen LogP contribution is 2.04. The first-order chi connectivity index (χ1) is 4.20. The van der Waals surface area contributed by atoms with Crippen LogP contribution in [0.5, 0.6) is 0 Å². The van der Waals surface area contributed by atoms with Crippen molar-refractivity contribution in [2.24, 2.45) is 0 Å². The van der Waals surface area contributed by atoms with E-state index in [0.29, 0.717) is 13.2 Å². The molecule has 1 aliphatic heterocycles. The number of amides is 1. The smallest absolute Gasteiger partial charge is 0.410 e. The summed E-state index contributed by atoms with van der Waals surface area (Å²) in [5.74, 6) is 0. The van der Waals surface area contributed by atoms with Gasteiger partial charge in [-0.25, -0.2) is 4.79 Å². The minimum absolute atomic E-state index is 0.262. The largest absolute Gasteiger partial charge is 0.445 e. The average Bonchev–Trinajstić information content (AvgIpc) is 1.80. The number of carbonyl (C=O) groups is 1. The molecule has 1 aliphatic rings. The van der Waals surface area contributed by atoms with E-state index in [-0.39, 0.29) is 6.09 Å². The molecule has 0 aromatic carbocycles. The zero-order chi connectivity index (χ0) is 6.85. The van der Waals surface area contributed by atoms with Crippen LogP contribution in [-0.2, 0) is 4.74 Å². The molecule has 3 nitrogen and oxygen atoms in total. The second-order valence-electron chi connectivity index (χ2n) is 2.16. The molecular weight excluding hydrogens is 118 g/mol. The fourth-order valence-electron chi connectivity index (χ4n) is 0.720. The minimum Gasteiger partial charge on any atom is -0.445 e. The van der Waals surface area contributed by atoms with Crippen LogP contribution in [0.25, 0.3) is 0 Å². The maximum absolute atomic E-state index is 10.6. The molecule has 1 fully saturated rings. The summed E-state index contributed by atoms with van der Waals surface area (Å²) >= 11 is 0. The van der Waals surface area contributed by atoms with Crippen LogP contribution in [0, 0.1) is 0 Å². The van der Waals surface area contributed by atoms with Crippen LogP contribution in [0.3, 0.4) is 0 Å². The second-order valence-corrected chi connectivity index (χ2v) is 2.16. The summed E-state index contributed by atoms with van der Waals surface area (Å²) < 4.78 is 4.69. The van der Waals surface area contributed by atoms with E-state index in [1.54, 1.807) is 7.05 Å². The van der Waals surface area contributed by atoms with Crippen molar-refractivity contribution in [3.63, 3.8) is 0 Å². The van der Waals surface area contributed by atoms with Gasteiger partial charge in [-0.3, -0.25) is 0 Å². The Labute approximate surface area is 53.9 Å². The molecule has 0 aromatic heterocycles. The number of cyclic esters (lactones) is 1. The first-order valence-electron chi connectivity index (χ1n) is 2.74. The summed E-state index contributed by atoms with van der Waals surface area (Å²) in [6.07, 6.45) is -0.262. The molecule has 0 aliphatic carbocycles. The van der Waals surface area contributed by atoms with Gasteiger partial charge in [0.1, 0.15) is 6.61 Å². The molecule has 9 heavy (non-hydrogen) atoms. The topological polar surface area (TPSA) is 29.5 Å². The normalized spacial score (nSPS) is 19.9. The lowest BCUT2D eigenvalue weighted by atomic mass is 10.3. The first-order valence-corrected chi connectivity index (χ1v) is 2.74. The SMILES string of the molecule is C=C1COC(=O)N(C)C1. The van der Waals surface area contributed by atoms with Crippen LogP contribution in [0.4, 0.5) is 4.79 Å². The lowest BCUT2D eigenvalue weighted by Crippen LogP contribution is -2.35. The van der Waals surface area contributed by atoms with Crippen molar-refractivity contribution in [3.05, 3.63) is 12.2 Å². The van der Waals surface area contributed by atoms with E-state index in [1.807, 2.05) is 0 Å². The maximum Gasteiger partial charge on any atom is 0.410 e. The van der Waals surface area contributed by atoms with Gasteiger partial charge in [0.15, 0.2) is 0 Å². The number of hydrogen-bond donors (Lipinski definition) is 0. The summed E-state index contributed by atoms with van der Waals surface area (Å²) in [4.78, 5) is 12.1. The number of hydrogen-bond acceptors (Lipinski definition) is 2. The van der Waals surface area contributed by atoms with Gasteiger partial charge in [-0.2, -0.15) is 0 Å². The van der Waals surface area contributed by atoms with Crippen LogP contribution >= 0.6 is 0 Å². The van der Waals surface area contributed by atoms with Crippen molar-refractivity contribution in [2.45, 2.75) is 0 Å². The molecule has 1 amide bonds. The molecule has 1 rings (SSSR count). The standard InChI is InChI=1S/C6H9NO2/c1-5-3-7(2)6(8)9-4-5/h1,3-4H2,2H3. The molecule has 0 radical (unpaired) electrons. The minimum atomic E-state index is -0.262. The van der Waals surface area contributed by atoms with Crippen molar-refractivity contribution < 1.29 is 9.53 Å². The van der Waals surface area contributed by atoms with Crippen molar-refractivity contribution in [2.75, 3.05) is 20.2 Å². The van der Waals surface area contributed by atoms with Gasteiger partial charge >= 0.3 is 6.09 Å². The molecule has 50 valence electrons. The second kappa shape index (κ2) is 2.09. The Morgan fingerprint density at radius 2 is 2.44 bits per heavy atom. The predicted molar refractivity (Wildman–Crippen MR) is 33.1 cm³/mol. The summed E-state index contributed by atoms with van der Waals surface area (Å²) in [5, 5.41) is 0. The lowest BCUT2D eigenvalue weighted by molar-refractivity contribution is 0.104. The highest BCUT2D eigenvalue weighted by Gasteiger charge is 2.16. The fraction of sp³-hybridized carbons (Fsp3) is 0.500. The Morgan fingerprint density at radius 1 is 1.78 bits per heavy atom. The molecule has 0 atom stereocenters. The van der Waals surface area contributed by atoms with Gasteiger partial charge in [-0.05, 0) is 5.57 Å². The van der Waals surface area contributed by atoms with Crippen molar-refractivity contribution in [3.8, 4) is 0 Å². The number of rotatable bonds is 0. The van der Waals surface area contributed by atoms with Crippen LogP contribution in [0.2, 0.25) is 0 Å². The van der Waals surface area contributed by atoms with Crippen LogP contribution in [-0.4, -0.2) is 31.2 Å². The molecule has 0 N–H and O–H groups in total. The monoisotopic (exact) mass is 127 g/mol. The van der Waals surface area contributed by atoms with E-state index in [0.717, 1.165) is 5.57 Å². The fourth-order valence-corrected chi connectivity index (χ4v) is 0.720. The number of likely N-dealkylation sites (N-methyl/N-ethyl adjacent to an activating group) is 1.